The van der Waals surface area contributed by atoms with E-state index in [9.17, 15) is 9.59 Å². The summed E-state index contributed by atoms with van der Waals surface area (Å²) < 4.78 is 10.1. The van der Waals surface area contributed by atoms with Gasteiger partial charge in [-0.3, -0.25) is 4.79 Å². The Morgan fingerprint density at radius 2 is 2.04 bits per heavy atom. The molecule has 0 saturated heterocycles. The summed E-state index contributed by atoms with van der Waals surface area (Å²) >= 11 is 0. The van der Waals surface area contributed by atoms with Gasteiger partial charge in [-0.1, -0.05) is 29.8 Å². The Kier molecular flexibility index (Phi) is 6.13. The van der Waals surface area contributed by atoms with Gasteiger partial charge in [0.05, 0.1) is 12.3 Å². The average Bonchev–Trinajstić information content (AvgIpc) is 3.14. The molecule has 0 fully saturated rings. The standard InChI is InChI=1S/C19H18N2O4/c1-13-5-7-15(8-6-13)10-16(11-20)19(23)25-12-18(22)21-14(2)17-4-3-9-24-17/h3-10,14H,12H2,1-2H3,(H,21,22)/b16-10+/t14-/m0/s1. The van der Waals surface area contributed by atoms with Gasteiger partial charge in [-0.15, -0.1) is 0 Å². The lowest BCUT2D eigenvalue weighted by Gasteiger charge is -2.11. The zero-order chi connectivity index (χ0) is 18.2. The maximum Gasteiger partial charge on any atom is 0.349 e. The second-order valence-corrected chi connectivity index (χ2v) is 5.46. The van der Waals surface area contributed by atoms with Crippen molar-refractivity contribution in [2.24, 2.45) is 0 Å². The number of aryl methyl sites for hydroxylation is 1. The molecule has 2 rings (SSSR count). The Bertz CT molecular complexity index is 799. The topological polar surface area (TPSA) is 92.3 Å². The highest BCUT2D eigenvalue weighted by Gasteiger charge is 2.16. The quantitative estimate of drug-likeness (QED) is 0.497. The van der Waals surface area contributed by atoms with E-state index in [1.807, 2.05) is 19.1 Å². The first kappa shape index (κ1) is 18.0. The summed E-state index contributed by atoms with van der Waals surface area (Å²) in [5.41, 5.74) is 1.60. The molecule has 1 aromatic carbocycles. The van der Waals surface area contributed by atoms with Crippen molar-refractivity contribution in [3.05, 3.63) is 65.1 Å². The molecule has 25 heavy (non-hydrogen) atoms. The molecule has 0 spiro atoms. The van der Waals surface area contributed by atoms with Gasteiger partial charge in [0.25, 0.3) is 5.91 Å². The van der Waals surface area contributed by atoms with Crippen LogP contribution in [0.2, 0.25) is 0 Å². The minimum atomic E-state index is -0.844. The molecule has 0 radical (unpaired) electrons. The fraction of sp³-hybridized carbons (Fsp3) is 0.211. The monoisotopic (exact) mass is 338 g/mol. The summed E-state index contributed by atoms with van der Waals surface area (Å²) in [7, 11) is 0. The Balaban J connectivity index is 1.90. The molecule has 1 atom stereocenters. The summed E-state index contributed by atoms with van der Waals surface area (Å²) in [6, 6.07) is 12.2. The third kappa shape index (κ3) is 5.36. The number of nitrogens with one attached hydrogen (secondary N) is 1. The number of ether oxygens (including phenoxy) is 1. The van der Waals surface area contributed by atoms with Gasteiger partial charge in [0.15, 0.2) is 6.61 Å². The molecule has 6 nitrogen and oxygen atoms in total. The third-order valence-corrected chi connectivity index (χ3v) is 3.41. The summed E-state index contributed by atoms with van der Waals surface area (Å²) in [5.74, 6) is -0.731. The second kappa shape index (κ2) is 8.50. The third-order valence-electron chi connectivity index (χ3n) is 3.41. The van der Waals surface area contributed by atoms with E-state index in [4.69, 9.17) is 14.4 Å². The number of rotatable bonds is 6. The van der Waals surface area contributed by atoms with Crippen LogP contribution in [0.3, 0.4) is 0 Å². The Morgan fingerprint density at radius 1 is 1.32 bits per heavy atom. The first-order valence-corrected chi connectivity index (χ1v) is 7.68. The van der Waals surface area contributed by atoms with Gasteiger partial charge >= 0.3 is 5.97 Å². The molecular weight excluding hydrogens is 320 g/mol. The zero-order valence-electron chi connectivity index (χ0n) is 14.0. The van der Waals surface area contributed by atoms with Crippen molar-refractivity contribution < 1.29 is 18.7 Å². The molecule has 0 aliphatic heterocycles. The number of esters is 1. The van der Waals surface area contributed by atoms with E-state index in [0.717, 1.165) is 5.56 Å². The highest BCUT2D eigenvalue weighted by molar-refractivity contribution is 5.98. The second-order valence-electron chi connectivity index (χ2n) is 5.46. The SMILES string of the molecule is Cc1ccc(/C=C(\C#N)C(=O)OCC(=O)N[C@@H](C)c2ccco2)cc1. The highest BCUT2D eigenvalue weighted by atomic mass is 16.5. The van der Waals surface area contributed by atoms with Crippen LogP contribution < -0.4 is 5.32 Å². The van der Waals surface area contributed by atoms with Crippen molar-refractivity contribution in [3.8, 4) is 6.07 Å². The Labute approximate surface area is 145 Å². The summed E-state index contributed by atoms with van der Waals surface area (Å²) in [4.78, 5) is 23.8. The zero-order valence-corrected chi connectivity index (χ0v) is 14.0. The van der Waals surface area contributed by atoms with Crippen LogP contribution in [-0.2, 0) is 14.3 Å². The number of amides is 1. The summed E-state index contributed by atoms with van der Waals surface area (Å²) in [6.45, 7) is 3.21. The molecule has 0 aliphatic carbocycles. The molecule has 1 aromatic heterocycles. The summed E-state index contributed by atoms with van der Waals surface area (Å²) in [6.07, 6.45) is 2.93. The minimum Gasteiger partial charge on any atom is -0.467 e. The van der Waals surface area contributed by atoms with Gasteiger partial charge < -0.3 is 14.5 Å². The van der Waals surface area contributed by atoms with Gasteiger partial charge in [0, 0.05) is 0 Å². The largest absolute Gasteiger partial charge is 0.467 e. The summed E-state index contributed by atoms with van der Waals surface area (Å²) in [5, 5.41) is 11.8. The van der Waals surface area contributed by atoms with Crippen LogP contribution in [0.25, 0.3) is 6.08 Å². The van der Waals surface area contributed by atoms with Gasteiger partial charge in [-0.05, 0) is 37.6 Å². The van der Waals surface area contributed by atoms with Crippen molar-refractivity contribution in [3.63, 3.8) is 0 Å². The molecule has 0 saturated carbocycles. The lowest BCUT2D eigenvalue weighted by Crippen LogP contribution is -2.31. The first-order valence-electron chi connectivity index (χ1n) is 7.68. The molecule has 1 heterocycles. The first-order chi connectivity index (χ1) is 12.0. The molecule has 0 aliphatic rings. The van der Waals surface area contributed by atoms with Crippen molar-refractivity contribution >= 4 is 18.0 Å². The molecule has 1 N–H and O–H groups in total. The van der Waals surface area contributed by atoms with Crippen LogP contribution in [0.5, 0.6) is 0 Å². The Morgan fingerprint density at radius 3 is 2.64 bits per heavy atom. The maximum atomic E-state index is 12.0. The number of nitriles is 1. The van der Waals surface area contributed by atoms with Crippen LogP contribution in [-0.4, -0.2) is 18.5 Å². The fourth-order valence-corrected chi connectivity index (χ4v) is 2.07. The predicted molar refractivity (Wildman–Crippen MR) is 91.0 cm³/mol. The van der Waals surface area contributed by atoms with Crippen LogP contribution in [0.1, 0.15) is 29.9 Å². The highest BCUT2D eigenvalue weighted by Crippen LogP contribution is 2.12. The maximum absolute atomic E-state index is 12.0. The van der Waals surface area contributed by atoms with Gasteiger partial charge in [-0.2, -0.15) is 5.26 Å². The van der Waals surface area contributed by atoms with E-state index >= 15 is 0 Å². The van der Waals surface area contributed by atoms with Gasteiger partial charge in [0.1, 0.15) is 17.4 Å². The molecule has 0 unspecified atom stereocenters. The lowest BCUT2D eigenvalue weighted by molar-refractivity contribution is -0.144. The predicted octanol–water partition coefficient (Wildman–Crippen LogP) is 2.92. The molecule has 6 heteroatoms. The van der Waals surface area contributed by atoms with E-state index in [1.54, 1.807) is 37.3 Å². The molecular formula is C19H18N2O4. The number of nitrogens with zero attached hydrogens (tertiary/aromatic N) is 1. The number of carbonyl (C=O) groups is 2. The van der Waals surface area contributed by atoms with E-state index in [0.29, 0.717) is 11.3 Å². The average molecular weight is 338 g/mol. The smallest absolute Gasteiger partial charge is 0.349 e. The van der Waals surface area contributed by atoms with E-state index < -0.39 is 18.5 Å². The van der Waals surface area contributed by atoms with Crippen molar-refractivity contribution in [2.75, 3.05) is 6.61 Å². The normalized spacial score (nSPS) is 12.1. The van der Waals surface area contributed by atoms with Crippen molar-refractivity contribution in [2.45, 2.75) is 19.9 Å². The van der Waals surface area contributed by atoms with Crippen LogP contribution >= 0.6 is 0 Å². The van der Waals surface area contributed by atoms with E-state index in [2.05, 4.69) is 5.32 Å². The van der Waals surface area contributed by atoms with Gasteiger partial charge in [-0.25, -0.2) is 4.79 Å². The van der Waals surface area contributed by atoms with Crippen LogP contribution in [0, 0.1) is 18.3 Å². The Hall–Kier alpha value is -3.33. The van der Waals surface area contributed by atoms with E-state index in [-0.39, 0.29) is 11.6 Å². The minimum absolute atomic E-state index is 0.171. The lowest BCUT2D eigenvalue weighted by atomic mass is 10.1. The van der Waals surface area contributed by atoms with Crippen LogP contribution in [0.15, 0.2) is 52.7 Å². The number of hydrogen-bond donors (Lipinski definition) is 1. The molecule has 2 aromatic rings. The van der Waals surface area contributed by atoms with E-state index in [1.165, 1.54) is 12.3 Å². The number of furan rings is 1. The number of hydrogen-bond acceptors (Lipinski definition) is 5. The molecule has 128 valence electrons. The van der Waals surface area contributed by atoms with Crippen molar-refractivity contribution in [1.82, 2.24) is 5.32 Å². The fourth-order valence-electron chi connectivity index (χ4n) is 2.07. The number of benzene rings is 1. The van der Waals surface area contributed by atoms with Crippen molar-refractivity contribution in [1.29, 1.82) is 5.26 Å². The number of carbonyl (C=O) groups excluding carboxylic acids is 2. The molecule has 1 amide bonds. The van der Waals surface area contributed by atoms with Gasteiger partial charge in [0.2, 0.25) is 0 Å². The van der Waals surface area contributed by atoms with Crippen LogP contribution in [0.4, 0.5) is 0 Å². The molecule has 0 bridgehead atoms.